The van der Waals surface area contributed by atoms with Crippen molar-refractivity contribution in [3.8, 4) is 0 Å². The lowest BCUT2D eigenvalue weighted by molar-refractivity contribution is 0.102. The topological polar surface area (TPSA) is 85.8 Å². The van der Waals surface area contributed by atoms with Gasteiger partial charge in [-0.1, -0.05) is 6.92 Å². The van der Waals surface area contributed by atoms with Gasteiger partial charge < -0.3 is 15.1 Å². The monoisotopic (exact) mass is 443 g/mol. The summed E-state index contributed by atoms with van der Waals surface area (Å²) in [5.74, 6) is 0.612. The zero-order chi connectivity index (χ0) is 21.8. The van der Waals surface area contributed by atoms with Gasteiger partial charge in [0.2, 0.25) is 10.0 Å². The number of nitrogens with one attached hydrogen (secondary N) is 1. The average Bonchev–Trinajstić information content (AvgIpc) is 3.36. The van der Waals surface area contributed by atoms with Gasteiger partial charge in [-0.2, -0.15) is 4.31 Å². The van der Waals surface area contributed by atoms with E-state index in [1.54, 1.807) is 18.3 Å². The summed E-state index contributed by atoms with van der Waals surface area (Å²) in [5.41, 5.74) is 1.01. The molecule has 1 amide bonds. The Kier molecular flexibility index (Phi) is 6.54. The van der Waals surface area contributed by atoms with E-state index in [1.165, 1.54) is 16.4 Å². The first-order chi connectivity index (χ1) is 15.0. The van der Waals surface area contributed by atoms with Crippen molar-refractivity contribution < 1.29 is 13.2 Å². The standard InChI is InChI=1S/C22H29N5O3S/c1-2-25-13-15-26(16-14-25)21-10-7-19(17-23-21)24-22(28)18-5-8-20(9-6-18)31(29,30)27-11-3-4-12-27/h5-10,17H,2-4,11-16H2,1H3,(H,24,28). The van der Waals surface area contributed by atoms with E-state index in [2.05, 4.69) is 27.0 Å². The molecule has 2 aliphatic heterocycles. The van der Waals surface area contributed by atoms with E-state index >= 15 is 0 Å². The molecule has 31 heavy (non-hydrogen) atoms. The predicted octanol–water partition coefficient (Wildman–Crippen LogP) is 2.26. The highest BCUT2D eigenvalue weighted by atomic mass is 32.2. The van der Waals surface area contributed by atoms with Crippen molar-refractivity contribution in [3.63, 3.8) is 0 Å². The molecule has 0 spiro atoms. The van der Waals surface area contributed by atoms with E-state index in [-0.39, 0.29) is 10.8 Å². The number of hydrogen-bond acceptors (Lipinski definition) is 6. The summed E-state index contributed by atoms with van der Waals surface area (Å²) in [6, 6.07) is 9.86. The van der Waals surface area contributed by atoms with Gasteiger partial charge in [-0.05, 0) is 55.8 Å². The third-order valence-corrected chi connectivity index (χ3v) is 7.88. The number of hydrogen-bond donors (Lipinski definition) is 1. The first kappa shape index (κ1) is 21.7. The fourth-order valence-corrected chi connectivity index (χ4v) is 5.52. The van der Waals surface area contributed by atoms with Gasteiger partial charge in [0.1, 0.15) is 5.82 Å². The molecule has 0 saturated carbocycles. The Balaban J connectivity index is 1.37. The lowest BCUT2D eigenvalue weighted by atomic mass is 10.2. The number of rotatable bonds is 6. The van der Waals surface area contributed by atoms with E-state index in [0.29, 0.717) is 24.3 Å². The molecular formula is C22H29N5O3S. The minimum atomic E-state index is -3.48. The van der Waals surface area contributed by atoms with Crippen molar-refractivity contribution >= 4 is 27.4 Å². The second-order valence-electron chi connectivity index (χ2n) is 7.92. The van der Waals surface area contributed by atoms with E-state index < -0.39 is 10.0 Å². The molecule has 2 fully saturated rings. The third-order valence-electron chi connectivity index (χ3n) is 5.97. The minimum absolute atomic E-state index is 0.222. The second-order valence-corrected chi connectivity index (χ2v) is 9.85. The molecule has 2 aliphatic rings. The summed E-state index contributed by atoms with van der Waals surface area (Å²) in [7, 11) is -3.48. The van der Waals surface area contributed by atoms with Crippen molar-refractivity contribution in [2.24, 2.45) is 0 Å². The number of likely N-dealkylation sites (N-methyl/N-ethyl adjacent to an activating group) is 1. The summed E-state index contributed by atoms with van der Waals surface area (Å²) in [4.78, 5) is 21.9. The molecule has 8 nitrogen and oxygen atoms in total. The van der Waals surface area contributed by atoms with Gasteiger partial charge in [0.05, 0.1) is 16.8 Å². The van der Waals surface area contributed by atoms with Crippen LogP contribution in [-0.2, 0) is 10.0 Å². The first-order valence-corrected chi connectivity index (χ1v) is 12.3. The molecule has 4 rings (SSSR count). The quantitative estimate of drug-likeness (QED) is 0.737. The first-order valence-electron chi connectivity index (χ1n) is 10.8. The third kappa shape index (κ3) is 4.89. The smallest absolute Gasteiger partial charge is 0.255 e. The number of carbonyl (C=O) groups excluding carboxylic acids is 1. The van der Waals surface area contributed by atoms with Gasteiger partial charge in [-0.3, -0.25) is 4.79 Å². The van der Waals surface area contributed by atoms with Crippen molar-refractivity contribution in [3.05, 3.63) is 48.2 Å². The lowest BCUT2D eigenvalue weighted by Gasteiger charge is -2.34. The van der Waals surface area contributed by atoms with Crippen LogP contribution in [0.25, 0.3) is 0 Å². The van der Waals surface area contributed by atoms with Gasteiger partial charge in [0.25, 0.3) is 5.91 Å². The fraction of sp³-hybridized carbons (Fsp3) is 0.455. The van der Waals surface area contributed by atoms with Crippen molar-refractivity contribution in [2.75, 3.05) is 56.0 Å². The maximum atomic E-state index is 12.6. The molecule has 9 heteroatoms. The molecule has 2 saturated heterocycles. The zero-order valence-corrected chi connectivity index (χ0v) is 18.6. The molecule has 0 unspecified atom stereocenters. The van der Waals surface area contributed by atoms with Crippen molar-refractivity contribution in [2.45, 2.75) is 24.7 Å². The largest absolute Gasteiger partial charge is 0.354 e. The molecule has 166 valence electrons. The van der Waals surface area contributed by atoms with Crippen LogP contribution in [0.3, 0.4) is 0 Å². The molecule has 2 aromatic rings. The Bertz CT molecular complexity index is 994. The summed E-state index contributed by atoms with van der Waals surface area (Å²) in [6.07, 6.45) is 3.44. The van der Waals surface area contributed by atoms with E-state index in [0.717, 1.165) is 51.4 Å². The van der Waals surface area contributed by atoms with Crippen LogP contribution >= 0.6 is 0 Å². The molecule has 0 radical (unpaired) electrons. The Morgan fingerprint density at radius 2 is 1.65 bits per heavy atom. The van der Waals surface area contributed by atoms with Gasteiger partial charge >= 0.3 is 0 Å². The number of amides is 1. The Hall–Kier alpha value is -2.49. The van der Waals surface area contributed by atoms with Gasteiger partial charge in [0.15, 0.2) is 0 Å². The minimum Gasteiger partial charge on any atom is -0.354 e. The number of benzene rings is 1. The Morgan fingerprint density at radius 3 is 2.23 bits per heavy atom. The van der Waals surface area contributed by atoms with Crippen LogP contribution in [0.15, 0.2) is 47.5 Å². The van der Waals surface area contributed by atoms with Gasteiger partial charge in [0, 0.05) is 44.8 Å². The summed E-state index contributed by atoms with van der Waals surface area (Å²) in [6.45, 7) is 8.30. The number of anilines is 2. The van der Waals surface area contributed by atoms with Crippen LogP contribution in [0.4, 0.5) is 11.5 Å². The molecule has 0 aliphatic carbocycles. The molecular weight excluding hydrogens is 414 g/mol. The van der Waals surface area contributed by atoms with Crippen molar-refractivity contribution in [1.82, 2.24) is 14.2 Å². The highest BCUT2D eigenvalue weighted by molar-refractivity contribution is 7.89. The van der Waals surface area contributed by atoms with Gasteiger partial charge in [-0.15, -0.1) is 0 Å². The second kappa shape index (κ2) is 9.33. The number of aromatic nitrogens is 1. The maximum absolute atomic E-state index is 12.6. The number of nitrogens with zero attached hydrogens (tertiary/aromatic N) is 4. The maximum Gasteiger partial charge on any atom is 0.255 e. The summed E-state index contributed by atoms with van der Waals surface area (Å²) < 4.78 is 26.7. The molecule has 3 heterocycles. The molecule has 1 aromatic heterocycles. The number of sulfonamides is 1. The lowest BCUT2D eigenvalue weighted by Crippen LogP contribution is -2.46. The fourth-order valence-electron chi connectivity index (χ4n) is 4.00. The molecule has 0 bridgehead atoms. The van der Waals surface area contributed by atoms with Crippen LogP contribution in [0, 0.1) is 0 Å². The van der Waals surface area contributed by atoms with Crippen LogP contribution in [0.1, 0.15) is 30.1 Å². The summed E-state index contributed by atoms with van der Waals surface area (Å²) in [5, 5.41) is 2.83. The van der Waals surface area contributed by atoms with Crippen LogP contribution < -0.4 is 10.2 Å². The van der Waals surface area contributed by atoms with E-state index in [9.17, 15) is 13.2 Å². The number of carbonyl (C=O) groups is 1. The number of piperazine rings is 1. The SMILES string of the molecule is CCN1CCN(c2ccc(NC(=O)c3ccc(S(=O)(=O)N4CCCC4)cc3)cn2)CC1. The van der Waals surface area contributed by atoms with Crippen molar-refractivity contribution in [1.29, 1.82) is 0 Å². The highest BCUT2D eigenvalue weighted by Crippen LogP contribution is 2.22. The zero-order valence-electron chi connectivity index (χ0n) is 17.8. The van der Waals surface area contributed by atoms with E-state index in [1.807, 2.05) is 12.1 Å². The molecule has 1 aromatic carbocycles. The average molecular weight is 444 g/mol. The number of pyridine rings is 1. The Labute approximate surface area is 183 Å². The van der Waals surface area contributed by atoms with E-state index in [4.69, 9.17) is 0 Å². The molecule has 1 N–H and O–H groups in total. The summed E-state index contributed by atoms with van der Waals surface area (Å²) >= 11 is 0. The van der Waals surface area contributed by atoms with Crippen LogP contribution in [0.5, 0.6) is 0 Å². The highest BCUT2D eigenvalue weighted by Gasteiger charge is 2.27. The van der Waals surface area contributed by atoms with Crippen LogP contribution in [-0.4, -0.2) is 74.3 Å². The normalized spacial score (nSPS) is 18.3. The Morgan fingerprint density at radius 1 is 0.968 bits per heavy atom. The molecule has 0 atom stereocenters. The van der Waals surface area contributed by atoms with Gasteiger partial charge in [-0.25, -0.2) is 13.4 Å². The van der Waals surface area contributed by atoms with Crippen LogP contribution in [0.2, 0.25) is 0 Å². The predicted molar refractivity (Wildman–Crippen MR) is 121 cm³/mol.